The van der Waals surface area contributed by atoms with Crippen molar-refractivity contribution in [1.82, 2.24) is 10.4 Å². The number of rotatable bonds is 12. The fraction of sp³-hybridized carbons (Fsp3) is 0.529. The van der Waals surface area contributed by atoms with Crippen LogP contribution in [0, 0.1) is 0 Å². The number of carbonyl (C=O) groups is 1. The molecule has 2 N–H and O–H groups in total. The van der Waals surface area contributed by atoms with Crippen LogP contribution in [-0.2, 0) is 23.2 Å². The Morgan fingerprint density at radius 1 is 1.29 bits per heavy atom. The summed E-state index contributed by atoms with van der Waals surface area (Å²) in [5, 5.41) is 8.80. The summed E-state index contributed by atoms with van der Waals surface area (Å²) in [7, 11) is -0.979. The van der Waals surface area contributed by atoms with Gasteiger partial charge in [0.15, 0.2) is 5.44 Å². The van der Waals surface area contributed by atoms with Crippen molar-refractivity contribution in [2.45, 2.75) is 37.0 Å². The van der Waals surface area contributed by atoms with E-state index >= 15 is 0 Å². The molecule has 0 saturated carbocycles. The summed E-state index contributed by atoms with van der Waals surface area (Å²) < 4.78 is 29.5. The van der Waals surface area contributed by atoms with Crippen LogP contribution in [0.1, 0.15) is 26.7 Å². The number of hydrogen-bond donors (Lipinski definition) is 2. The Labute approximate surface area is 170 Å². The molecule has 0 saturated heterocycles. The van der Waals surface area contributed by atoms with Gasteiger partial charge in [-0.3, -0.25) is 9.05 Å². The zero-order chi connectivity index (χ0) is 20.8. The van der Waals surface area contributed by atoms with Crippen LogP contribution in [0.3, 0.4) is 0 Å². The number of amides is 1. The fourth-order valence-electron chi connectivity index (χ4n) is 1.85. The van der Waals surface area contributed by atoms with Crippen LogP contribution in [0.5, 0.6) is 0 Å². The van der Waals surface area contributed by atoms with Gasteiger partial charge in [0.05, 0.1) is 6.61 Å². The summed E-state index contributed by atoms with van der Waals surface area (Å²) in [6.07, 6.45) is 0.844. The van der Waals surface area contributed by atoms with Gasteiger partial charge in [-0.15, -0.1) is 0 Å². The summed E-state index contributed by atoms with van der Waals surface area (Å²) >= 11 is 1.15. The van der Waals surface area contributed by atoms with Crippen LogP contribution in [0.15, 0.2) is 40.4 Å². The molecule has 9 nitrogen and oxygen atoms in total. The Kier molecular flexibility index (Phi) is 11.9. The smallest absolute Gasteiger partial charge is 0.396 e. The number of nitrogens with one attached hydrogen (secondary N) is 2. The maximum absolute atomic E-state index is 13.1. The predicted octanol–water partition coefficient (Wildman–Crippen LogP) is 3.97. The van der Waals surface area contributed by atoms with E-state index in [4.69, 9.17) is 18.6 Å². The second kappa shape index (κ2) is 13.6. The first-order valence-electron chi connectivity index (χ1n) is 8.88. The maximum Gasteiger partial charge on any atom is 0.413 e. The molecule has 11 heteroatoms. The molecule has 0 bridgehead atoms. The van der Waals surface area contributed by atoms with E-state index in [0.717, 1.165) is 29.5 Å². The summed E-state index contributed by atoms with van der Waals surface area (Å²) in [5.41, 5.74) is -1.06. The van der Waals surface area contributed by atoms with Crippen molar-refractivity contribution in [1.29, 1.82) is 0 Å². The van der Waals surface area contributed by atoms with Gasteiger partial charge in [0.2, 0.25) is 0 Å². The third kappa shape index (κ3) is 9.07. The Morgan fingerprint density at radius 3 is 2.57 bits per heavy atom. The molecule has 1 amide bonds. The van der Waals surface area contributed by atoms with Gasteiger partial charge >= 0.3 is 13.8 Å². The van der Waals surface area contributed by atoms with E-state index in [1.807, 2.05) is 37.3 Å². The lowest BCUT2D eigenvalue weighted by atomic mass is 10.4. The summed E-state index contributed by atoms with van der Waals surface area (Å²) in [4.78, 5) is 17.3. The number of nitrogens with zero attached hydrogens (tertiary/aromatic N) is 1. The Bertz CT molecular complexity index is 662. The molecule has 0 spiro atoms. The molecular formula is C17H28N3O6PS. The van der Waals surface area contributed by atoms with Crippen molar-refractivity contribution in [2.75, 3.05) is 27.3 Å². The van der Waals surface area contributed by atoms with Crippen LogP contribution in [-0.4, -0.2) is 44.7 Å². The highest BCUT2D eigenvalue weighted by molar-refractivity contribution is 8.00. The number of unbranched alkanes of at least 4 members (excludes halogenated alkanes) is 1. The number of hydrogen-bond acceptors (Lipinski definition) is 8. The number of ether oxygens (including phenoxy) is 1. The van der Waals surface area contributed by atoms with Crippen molar-refractivity contribution >= 4 is 31.5 Å². The SMILES string of the molecule is CCCCOP(=O)(NCC)OC(Sc1ccccc1)/C(=N/OC)OC(=O)NC. The van der Waals surface area contributed by atoms with Crippen molar-refractivity contribution in [3.8, 4) is 0 Å². The van der Waals surface area contributed by atoms with Crippen LogP contribution in [0.25, 0.3) is 0 Å². The lowest BCUT2D eigenvalue weighted by Crippen LogP contribution is -2.32. The molecule has 0 radical (unpaired) electrons. The molecule has 2 atom stereocenters. The van der Waals surface area contributed by atoms with Gasteiger partial charge in [0.1, 0.15) is 7.11 Å². The fourth-order valence-corrected chi connectivity index (χ4v) is 4.44. The van der Waals surface area contributed by atoms with Gasteiger partial charge in [0, 0.05) is 18.5 Å². The second-order valence-electron chi connectivity index (χ2n) is 5.32. The minimum atomic E-state index is -3.69. The van der Waals surface area contributed by atoms with E-state index in [-0.39, 0.29) is 12.5 Å². The zero-order valence-corrected chi connectivity index (χ0v) is 18.3. The third-order valence-corrected chi connectivity index (χ3v) is 6.03. The van der Waals surface area contributed by atoms with E-state index in [1.54, 1.807) is 6.92 Å². The highest BCUT2D eigenvalue weighted by Gasteiger charge is 2.34. The van der Waals surface area contributed by atoms with Gasteiger partial charge in [-0.25, -0.2) is 14.4 Å². The molecule has 2 unspecified atom stereocenters. The minimum Gasteiger partial charge on any atom is -0.396 e. The number of alkyl carbamates (subject to hydrolysis) is 1. The quantitative estimate of drug-likeness (QED) is 0.0970. The zero-order valence-electron chi connectivity index (χ0n) is 16.5. The molecule has 0 aliphatic carbocycles. The number of benzene rings is 1. The highest BCUT2D eigenvalue weighted by Crippen LogP contribution is 2.48. The van der Waals surface area contributed by atoms with Crippen molar-refractivity contribution < 1.29 is 28.0 Å². The van der Waals surface area contributed by atoms with Gasteiger partial charge in [-0.2, -0.15) is 0 Å². The normalized spacial score (nSPS) is 14.8. The van der Waals surface area contributed by atoms with E-state index in [9.17, 15) is 9.36 Å². The summed E-state index contributed by atoms with van der Waals surface area (Å²) in [5.74, 6) is -0.201. The van der Waals surface area contributed by atoms with E-state index < -0.39 is 19.3 Å². The van der Waals surface area contributed by atoms with Gasteiger partial charge in [0.25, 0.3) is 5.90 Å². The largest absolute Gasteiger partial charge is 0.413 e. The monoisotopic (exact) mass is 433 g/mol. The molecule has 0 fully saturated rings. The lowest BCUT2D eigenvalue weighted by molar-refractivity contribution is 0.158. The van der Waals surface area contributed by atoms with Crippen LogP contribution >= 0.6 is 19.5 Å². The molecular weight excluding hydrogens is 405 g/mol. The van der Waals surface area contributed by atoms with Crippen molar-refractivity contribution in [2.24, 2.45) is 5.16 Å². The van der Waals surface area contributed by atoms with E-state index in [0.29, 0.717) is 6.54 Å². The lowest BCUT2D eigenvalue weighted by Gasteiger charge is -2.24. The number of thioether (sulfide) groups is 1. The molecule has 1 rings (SSSR count). The van der Waals surface area contributed by atoms with Crippen LogP contribution < -0.4 is 10.4 Å². The van der Waals surface area contributed by atoms with Gasteiger partial charge in [-0.1, -0.05) is 50.2 Å². The standard InChI is InChI=1S/C17H28N3O6PS/c1-5-7-13-24-27(22,19-6-2)26-16(28-14-11-9-8-10-12-14)15(20-23-4)25-17(21)18-3/h8-12,16H,5-7,13H2,1-4H3,(H,18,21)(H,19,22)/b20-15-. The van der Waals surface area contributed by atoms with Gasteiger partial charge in [-0.05, 0) is 23.7 Å². The molecule has 158 valence electrons. The predicted molar refractivity (Wildman–Crippen MR) is 109 cm³/mol. The topological polar surface area (TPSA) is 107 Å². The second-order valence-corrected chi connectivity index (χ2v) is 8.23. The minimum absolute atomic E-state index is 0.201. The van der Waals surface area contributed by atoms with Gasteiger partial charge < -0.3 is 14.9 Å². The Morgan fingerprint density at radius 2 is 2.00 bits per heavy atom. The van der Waals surface area contributed by atoms with E-state index in [2.05, 4.69) is 15.6 Å². The first kappa shape index (κ1) is 24.5. The third-order valence-electron chi connectivity index (χ3n) is 3.12. The summed E-state index contributed by atoms with van der Waals surface area (Å²) in [6.45, 7) is 4.40. The Hall–Kier alpha value is -1.58. The molecule has 0 heterocycles. The first-order valence-corrected chi connectivity index (χ1v) is 11.3. The van der Waals surface area contributed by atoms with E-state index in [1.165, 1.54) is 14.2 Å². The molecule has 0 aliphatic rings. The summed E-state index contributed by atoms with van der Waals surface area (Å²) in [6, 6.07) is 9.22. The molecule has 1 aromatic carbocycles. The van der Waals surface area contributed by atoms with Crippen molar-refractivity contribution in [3.63, 3.8) is 0 Å². The highest BCUT2D eigenvalue weighted by atomic mass is 32.2. The molecule has 28 heavy (non-hydrogen) atoms. The number of carbonyl (C=O) groups excluding carboxylic acids is 1. The average Bonchev–Trinajstić information content (AvgIpc) is 2.68. The average molecular weight is 433 g/mol. The maximum atomic E-state index is 13.1. The van der Waals surface area contributed by atoms with Crippen molar-refractivity contribution in [3.05, 3.63) is 30.3 Å². The number of oxime groups is 1. The first-order chi connectivity index (χ1) is 13.5. The molecule has 0 aromatic heterocycles. The molecule has 0 aliphatic heterocycles. The molecule has 1 aromatic rings. The van der Waals surface area contributed by atoms with Crippen LogP contribution in [0.2, 0.25) is 0 Å². The van der Waals surface area contributed by atoms with Crippen LogP contribution in [0.4, 0.5) is 4.79 Å². The Balaban J connectivity index is 3.13.